The molecular weight excluding hydrogens is 232 g/mol. The average Bonchev–Trinajstić information content (AvgIpc) is 2.83. The molecule has 2 rings (SSSR count). The summed E-state index contributed by atoms with van der Waals surface area (Å²) in [6.45, 7) is 2.88. The first-order valence-electron chi connectivity index (χ1n) is 6.23. The maximum atomic E-state index is 12.0. The van der Waals surface area contributed by atoms with Gasteiger partial charge in [-0.2, -0.15) is 0 Å². The second-order valence-corrected chi connectivity index (χ2v) is 5.76. The van der Waals surface area contributed by atoms with Gasteiger partial charge in [0, 0.05) is 18.3 Å². The molecule has 1 aromatic rings. The summed E-state index contributed by atoms with van der Waals surface area (Å²) in [7, 11) is 1.91. The number of carbonyl (C=O) groups is 1. The Morgan fingerprint density at radius 3 is 2.94 bits per heavy atom. The highest BCUT2D eigenvalue weighted by molar-refractivity contribution is 7.09. The van der Waals surface area contributed by atoms with Crippen LogP contribution in [-0.4, -0.2) is 30.9 Å². The number of piperidine rings is 1. The summed E-state index contributed by atoms with van der Waals surface area (Å²) in [5.41, 5.74) is 0. The van der Waals surface area contributed by atoms with Crippen LogP contribution in [-0.2, 0) is 11.3 Å². The lowest BCUT2D eigenvalue weighted by atomic mass is 9.94. The van der Waals surface area contributed by atoms with Crippen LogP contribution in [0, 0.1) is 5.92 Å². The van der Waals surface area contributed by atoms with Crippen LogP contribution < -0.4 is 5.32 Å². The third-order valence-electron chi connectivity index (χ3n) is 3.32. The number of nitrogens with zero attached hydrogens (tertiary/aromatic N) is 1. The first-order chi connectivity index (χ1) is 8.25. The molecule has 17 heavy (non-hydrogen) atoms. The fourth-order valence-electron chi connectivity index (χ4n) is 2.21. The number of carbonyl (C=O) groups excluding carboxylic acids is 1. The van der Waals surface area contributed by atoms with Gasteiger partial charge in [0.1, 0.15) is 0 Å². The molecule has 1 aliphatic rings. The molecule has 0 saturated carbocycles. The monoisotopic (exact) mass is 252 g/mol. The van der Waals surface area contributed by atoms with Gasteiger partial charge in [-0.1, -0.05) is 6.07 Å². The standard InChI is InChI=1S/C13H20N2OS/c1-15(10-12-3-2-8-17-12)13(16)9-11-4-6-14-7-5-11/h2-3,8,11,14H,4-7,9-10H2,1H3. The van der Waals surface area contributed by atoms with Crippen LogP contribution >= 0.6 is 11.3 Å². The summed E-state index contributed by atoms with van der Waals surface area (Å²) in [6.07, 6.45) is 2.99. The zero-order chi connectivity index (χ0) is 12.1. The van der Waals surface area contributed by atoms with Gasteiger partial charge in [-0.3, -0.25) is 4.79 Å². The van der Waals surface area contributed by atoms with Crippen molar-refractivity contribution >= 4 is 17.2 Å². The highest BCUT2D eigenvalue weighted by Gasteiger charge is 2.19. The van der Waals surface area contributed by atoms with Crippen LogP contribution in [0.25, 0.3) is 0 Å². The van der Waals surface area contributed by atoms with Gasteiger partial charge in [-0.15, -0.1) is 11.3 Å². The van der Waals surface area contributed by atoms with E-state index >= 15 is 0 Å². The zero-order valence-corrected chi connectivity index (χ0v) is 11.1. The third kappa shape index (κ3) is 3.82. The SMILES string of the molecule is CN(Cc1cccs1)C(=O)CC1CCNCC1. The van der Waals surface area contributed by atoms with Crippen LogP contribution in [0.5, 0.6) is 0 Å². The van der Waals surface area contributed by atoms with Crippen molar-refractivity contribution in [3.05, 3.63) is 22.4 Å². The van der Waals surface area contributed by atoms with Crippen molar-refractivity contribution in [3.8, 4) is 0 Å². The molecule has 0 atom stereocenters. The lowest BCUT2D eigenvalue weighted by Crippen LogP contribution is -2.33. The number of hydrogen-bond acceptors (Lipinski definition) is 3. The van der Waals surface area contributed by atoms with Gasteiger partial charge in [0.25, 0.3) is 0 Å². The molecule has 1 aromatic heterocycles. The van der Waals surface area contributed by atoms with Crippen LogP contribution in [0.15, 0.2) is 17.5 Å². The Morgan fingerprint density at radius 2 is 2.29 bits per heavy atom. The van der Waals surface area contributed by atoms with Gasteiger partial charge >= 0.3 is 0 Å². The van der Waals surface area contributed by atoms with E-state index in [0.717, 1.165) is 32.5 Å². The molecule has 94 valence electrons. The quantitative estimate of drug-likeness (QED) is 0.890. The molecule has 0 aromatic carbocycles. The minimum Gasteiger partial charge on any atom is -0.341 e. The predicted octanol–water partition coefficient (Wildman–Crippen LogP) is 2.10. The third-order valence-corrected chi connectivity index (χ3v) is 4.18. The van der Waals surface area contributed by atoms with Gasteiger partial charge in [-0.25, -0.2) is 0 Å². The molecule has 0 spiro atoms. The molecule has 1 aliphatic heterocycles. The molecule has 1 amide bonds. The van der Waals surface area contributed by atoms with Crippen molar-refractivity contribution in [3.63, 3.8) is 0 Å². The fourth-order valence-corrected chi connectivity index (χ4v) is 2.97. The Bertz CT molecular complexity index is 344. The summed E-state index contributed by atoms with van der Waals surface area (Å²) >= 11 is 1.71. The number of thiophene rings is 1. The van der Waals surface area contributed by atoms with Gasteiger partial charge in [0.2, 0.25) is 5.91 Å². The molecule has 0 radical (unpaired) electrons. The Morgan fingerprint density at radius 1 is 1.53 bits per heavy atom. The summed E-state index contributed by atoms with van der Waals surface area (Å²) in [5.74, 6) is 0.861. The Labute approximate surface area is 107 Å². The fraction of sp³-hybridized carbons (Fsp3) is 0.615. The second-order valence-electron chi connectivity index (χ2n) is 4.73. The minimum atomic E-state index is 0.283. The Hall–Kier alpha value is -0.870. The van der Waals surface area contributed by atoms with E-state index in [1.807, 2.05) is 18.0 Å². The lowest BCUT2D eigenvalue weighted by molar-refractivity contribution is -0.131. The summed E-state index contributed by atoms with van der Waals surface area (Å²) in [4.78, 5) is 15.2. The zero-order valence-electron chi connectivity index (χ0n) is 10.3. The van der Waals surface area contributed by atoms with E-state index in [1.165, 1.54) is 4.88 Å². The van der Waals surface area contributed by atoms with Crippen molar-refractivity contribution < 1.29 is 4.79 Å². The van der Waals surface area contributed by atoms with Gasteiger partial charge in [-0.05, 0) is 43.3 Å². The molecule has 2 heterocycles. The maximum Gasteiger partial charge on any atom is 0.222 e. The Balaban J connectivity index is 1.78. The number of amides is 1. The summed E-state index contributed by atoms with van der Waals surface area (Å²) in [6, 6.07) is 4.12. The number of rotatable bonds is 4. The van der Waals surface area contributed by atoms with Crippen molar-refractivity contribution in [1.82, 2.24) is 10.2 Å². The van der Waals surface area contributed by atoms with E-state index in [4.69, 9.17) is 0 Å². The van der Waals surface area contributed by atoms with E-state index in [2.05, 4.69) is 16.8 Å². The summed E-state index contributed by atoms with van der Waals surface area (Å²) < 4.78 is 0. The highest BCUT2D eigenvalue weighted by Crippen LogP contribution is 2.18. The molecule has 4 heteroatoms. The molecule has 1 saturated heterocycles. The molecule has 0 bridgehead atoms. The molecule has 1 N–H and O–H groups in total. The Kier molecular flexibility index (Phi) is 4.57. The lowest BCUT2D eigenvalue weighted by Gasteiger charge is -2.24. The van der Waals surface area contributed by atoms with Gasteiger partial charge in [0.05, 0.1) is 6.54 Å². The van der Waals surface area contributed by atoms with Crippen LogP contribution in [0.2, 0.25) is 0 Å². The second kappa shape index (κ2) is 6.17. The smallest absolute Gasteiger partial charge is 0.222 e. The van der Waals surface area contributed by atoms with Crippen molar-refractivity contribution in [2.75, 3.05) is 20.1 Å². The first kappa shape index (κ1) is 12.6. The van der Waals surface area contributed by atoms with E-state index in [0.29, 0.717) is 12.3 Å². The number of nitrogens with one attached hydrogen (secondary N) is 1. The molecule has 3 nitrogen and oxygen atoms in total. The summed E-state index contributed by atoms with van der Waals surface area (Å²) in [5, 5.41) is 5.39. The largest absolute Gasteiger partial charge is 0.341 e. The van der Waals surface area contributed by atoms with E-state index in [1.54, 1.807) is 11.3 Å². The van der Waals surface area contributed by atoms with Crippen LogP contribution in [0.3, 0.4) is 0 Å². The van der Waals surface area contributed by atoms with Gasteiger partial charge < -0.3 is 10.2 Å². The van der Waals surface area contributed by atoms with E-state index in [9.17, 15) is 4.79 Å². The van der Waals surface area contributed by atoms with Crippen molar-refractivity contribution in [2.45, 2.75) is 25.8 Å². The topological polar surface area (TPSA) is 32.3 Å². The van der Waals surface area contributed by atoms with Crippen LogP contribution in [0.1, 0.15) is 24.1 Å². The van der Waals surface area contributed by atoms with E-state index in [-0.39, 0.29) is 5.91 Å². The normalized spacial score (nSPS) is 17.0. The minimum absolute atomic E-state index is 0.283. The van der Waals surface area contributed by atoms with Crippen molar-refractivity contribution in [2.24, 2.45) is 5.92 Å². The predicted molar refractivity (Wildman–Crippen MR) is 71.0 cm³/mol. The van der Waals surface area contributed by atoms with Gasteiger partial charge in [0.15, 0.2) is 0 Å². The molecular formula is C13H20N2OS. The maximum absolute atomic E-state index is 12.0. The first-order valence-corrected chi connectivity index (χ1v) is 7.10. The molecule has 0 unspecified atom stereocenters. The van der Waals surface area contributed by atoms with Crippen LogP contribution in [0.4, 0.5) is 0 Å². The average molecular weight is 252 g/mol. The highest BCUT2D eigenvalue weighted by atomic mass is 32.1. The number of hydrogen-bond donors (Lipinski definition) is 1. The molecule has 0 aliphatic carbocycles. The van der Waals surface area contributed by atoms with Crippen molar-refractivity contribution in [1.29, 1.82) is 0 Å². The molecule has 1 fully saturated rings. The van der Waals surface area contributed by atoms with E-state index < -0.39 is 0 Å².